The molecule has 6 rings (SSSR count). The van der Waals surface area contributed by atoms with Crippen LogP contribution >= 0.6 is 0 Å². The molecule has 0 saturated heterocycles. The van der Waals surface area contributed by atoms with Crippen molar-refractivity contribution in [1.29, 1.82) is 0 Å². The van der Waals surface area contributed by atoms with Gasteiger partial charge in [-0.25, -0.2) is 4.68 Å². The molecule has 1 fully saturated rings. The van der Waals surface area contributed by atoms with Gasteiger partial charge >= 0.3 is 0 Å². The molecule has 0 bridgehead atoms. The molecule has 2 aliphatic rings. The van der Waals surface area contributed by atoms with Crippen LogP contribution in [0.2, 0.25) is 25.7 Å². The summed E-state index contributed by atoms with van der Waals surface area (Å²) >= 11 is 0. The van der Waals surface area contributed by atoms with Crippen molar-refractivity contribution in [2.75, 3.05) is 11.9 Å². The smallest absolute Gasteiger partial charge is 0.235 e. The Morgan fingerprint density at radius 1 is 1.11 bits per heavy atom. The molecule has 2 atom stereocenters. The first kappa shape index (κ1) is 23.8. The van der Waals surface area contributed by atoms with E-state index >= 15 is 0 Å². The summed E-state index contributed by atoms with van der Waals surface area (Å²) in [6, 6.07) is 19.7. The Morgan fingerprint density at radius 3 is 2.73 bits per heavy atom. The van der Waals surface area contributed by atoms with Gasteiger partial charge in [0, 0.05) is 44.1 Å². The summed E-state index contributed by atoms with van der Waals surface area (Å²) < 4.78 is 8.06. The molecule has 2 unspecified atom stereocenters. The second-order valence-electron chi connectivity index (χ2n) is 11.4. The molecule has 1 saturated carbocycles. The average Bonchev–Trinajstić information content (AvgIpc) is 3.46. The van der Waals surface area contributed by atoms with Crippen molar-refractivity contribution in [3.8, 4) is 0 Å². The van der Waals surface area contributed by atoms with Crippen molar-refractivity contribution < 1.29 is 9.53 Å². The third-order valence-corrected chi connectivity index (χ3v) is 9.28. The number of amides is 1. The van der Waals surface area contributed by atoms with E-state index in [1.807, 2.05) is 35.0 Å². The summed E-state index contributed by atoms with van der Waals surface area (Å²) in [6.45, 7) is 8.22. The maximum atomic E-state index is 13.0. The number of ether oxygens (including phenoxy) is 1. The van der Waals surface area contributed by atoms with Gasteiger partial charge in [-0.3, -0.25) is 9.78 Å². The summed E-state index contributed by atoms with van der Waals surface area (Å²) in [7, 11) is -1.17. The number of nitrogens with zero attached hydrogens (tertiary/aromatic N) is 3. The molecule has 1 aliphatic heterocycles. The zero-order valence-corrected chi connectivity index (χ0v) is 22.6. The van der Waals surface area contributed by atoms with Gasteiger partial charge in [-0.2, -0.15) is 5.10 Å². The normalized spacial score (nSPS) is 20.6. The number of carbonyl (C=O) groups is 1. The molecule has 37 heavy (non-hydrogen) atoms. The van der Waals surface area contributed by atoms with E-state index in [-0.39, 0.29) is 11.8 Å². The number of carbonyl (C=O) groups excluding carboxylic acids is 1. The van der Waals surface area contributed by atoms with Crippen LogP contribution in [0, 0.1) is 0 Å². The lowest BCUT2D eigenvalue weighted by molar-refractivity contribution is -0.118. The van der Waals surface area contributed by atoms with Gasteiger partial charge in [-0.15, -0.1) is 0 Å². The third-order valence-electron chi connectivity index (χ3n) is 7.58. The van der Waals surface area contributed by atoms with Crippen molar-refractivity contribution in [2.24, 2.45) is 0 Å². The fraction of sp³-hybridized carbons (Fsp3) is 0.300. The van der Waals surface area contributed by atoms with Gasteiger partial charge in [0.05, 0.1) is 16.6 Å². The fourth-order valence-electron chi connectivity index (χ4n) is 5.39. The lowest BCUT2D eigenvalue weighted by Gasteiger charge is -2.15. The van der Waals surface area contributed by atoms with Crippen LogP contribution in [0.25, 0.3) is 23.1 Å². The van der Waals surface area contributed by atoms with Crippen molar-refractivity contribution in [1.82, 2.24) is 14.8 Å². The molecule has 2 aromatic heterocycles. The predicted octanol–water partition coefficient (Wildman–Crippen LogP) is 6.29. The van der Waals surface area contributed by atoms with E-state index in [1.54, 1.807) is 12.4 Å². The van der Waals surface area contributed by atoms with Crippen LogP contribution in [0.3, 0.4) is 0 Å². The molecule has 7 heteroatoms. The van der Waals surface area contributed by atoms with Crippen molar-refractivity contribution in [2.45, 2.75) is 50.2 Å². The minimum absolute atomic E-state index is 0.114. The number of hydrogen-bond acceptors (Lipinski definition) is 4. The molecular weight excluding hydrogens is 476 g/mol. The van der Waals surface area contributed by atoms with Gasteiger partial charge in [-0.05, 0) is 59.5 Å². The molecule has 4 aromatic rings. The molecule has 3 heterocycles. The number of para-hydroxylation sites is 1. The number of aromatic nitrogens is 3. The number of pyridine rings is 1. The van der Waals surface area contributed by atoms with Crippen LogP contribution in [0.4, 0.5) is 5.69 Å². The molecule has 1 amide bonds. The predicted molar refractivity (Wildman–Crippen MR) is 151 cm³/mol. The summed E-state index contributed by atoms with van der Waals surface area (Å²) in [4.78, 5) is 17.1. The highest BCUT2D eigenvalue weighted by molar-refractivity contribution is 6.76. The van der Waals surface area contributed by atoms with Gasteiger partial charge in [0.1, 0.15) is 6.73 Å². The molecule has 1 N–H and O–H groups in total. The first-order valence-corrected chi connectivity index (χ1v) is 16.6. The highest BCUT2D eigenvalue weighted by atomic mass is 28.3. The number of hydrogen-bond donors (Lipinski definition) is 1. The van der Waals surface area contributed by atoms with Crippen LogP contribution in [0.1, 0.15) is 34.7 Å². The molecule has 1 spiro atoms. The monoisotopic (exact) mass is 508 g/mol. The maximum absolute atomic E-state index is 13.0. The van der Waals surface area contributed by atoms with E-state index in [4.69, 9.17) is 9.84 Å². The SMILES string of the molecule is C[Si](C)(C)CCOCn1nc(/C=C/c2ccncc2)c2ccc(C3CC34C(=O)Nc3ccccc34)cc21. The number of fused-ring (bicyclic) bond motifs is 3. The maximum Gasteiger partial charge on any atom is 0.235 e. The Labute approximate surface area is 218 Å². The van der Waals surface area contributed by atoms with Gasteiger partial charge in [0.2, 0.25) is 5.91 Å². The standard InChI is InChI=1S/C30H32N4O2Si/c1-37(2,3)17-16-36-20-34-28-18-22(25-19-30(25)24-6-4-5-7-27(24)32-29(30)35)9-10-23(28)26(33-34)11-8-21-12-14-31-15-13-21/h4-15,18,25H,16-17,19-20H2,1-3H3,(H,32,35)/b11-8+. The molecule has 1 aliphatic carbocycles. The Morgan fingerprint density at radius 2 is 1.92 bits per heavy atom. The Bertz CT molecular complexity index is 1510. The van der Waals surface area contributed by atoms with Gasteiger partial charge in [0.25, 0.3) is 0 Å². The van der Waals surface area contributed by atoms with Crippen LogP contribution in [-0.2, 0) is 21.7 Å². The summed E-state index contributed by atoms with van der Waals surface area (Å²) in [5.74, 6) is 0.274. The average molecular weight is 509 g/mol. The summed E-state index contributed by atoms with van der Waals surface area (Å²) in [6.07, 6.45) is 8.52. The summed E-state index contributed by atoms with van der Waals surface area (Å²) in [5.41, 5.74) is 5.80. The molecule has 0 radical (unpaired) electrons. The van der Waals surface area contributed by atoms with Crippen LogP contribution in [-0.4, -0.2) is 35.4 Å². The van der Waals surface area contributed by atoms with E-state index < -0.39 is 13.5 Å². The molecular formula is C30H32N4O2Si. The second-order valence-corrected chi connectivity index (χ2v) is 17.0. The van der Waals surface area contributed by atoms with E-state index in [0.717, 1.165) is 52.5 Å². The minimum Gasteiger partial charge on any atom is -0.360 e. The van der Waals surface area contributed by atoms with E-state index in [1.165, 1.54) is 5.56 Å². The first-order chi connectivity index (χ1) is 17.8. The largest absolute Gasteiger partial charge is 0.360 e. The van der Waals surface area contributed by atoms with E-state index in [2.05, 4.69) is 66.4 Å². The zero-order valence-electron chi connectivity index (χ0n) is 21.6. The molecule has 6 nitrogen and oxygen atoms in total. The van der Waals surface area contributed by atoms with Crippen molar-refractivity contribution >= 4 is 42.7 Å². The highest BCUT2D eigenvalue weighted by Crippen LogP contribution is 2.65. The van der Waals surface area contributed by atoms with Crippen molar-refractivity contribution in [3.63, 3.8) is 0 Å². The van der Waals surface area contributed by atoms with E-state index in [0.29, 0.717) is 6.73 Å². The molecule has 188 valence electrons. The third kappa shape index (κ3) is 4.42. The van der Waals surface area contributed by atoms with E-state index in [9.17, 15) is 4.79 Å². The van der Waals surface area contributed by atoms with Crippen LogP contribution in [0.15, 0.2) is 67.0 Å². The van der Waals surface area contributed by atoms with Crippen LogP contribution in [0.5, 0.6) is 0 Å². The lowest BCUT2D eigenvalue weighted by Crippen LogP contribution is -2.22. The lowest BCUT2D eigenvalue weighted by atomic mass is 9.92. The number of rotatable bonds is 8. The minimum atomic E-state index is -1.17. The molecule has 2 aromatic carbocycles. The number of nitrogens with one attached hydrogen (secondary N) is 1. The number of benzene rings is 2. The Hall–Kier alpha value is -3.55. The van der Waals surface area contributed by atoms with Gasteiger partial charge in [0.15, 0.2) is 0 Å². The fourth-order valence-corrected chi connectivity index (χ4v) is 6.14. The topological polar surface area (TPSA) is 69.0 Å². The second kappa shape index (κ2) is 9.08. The summed E-state index contributed by atoms with van der Waals surface area (Å²) in [5, 5.41) is 9.09. The van der Waals surface area contributed by atoms with Gasteiger partial charge < -0.3 is 10.1 Å². The zero-order chi connectivity index (χ0) is 25.6. The highest BCUT2D eigenvalue weighted by Gasteiger charge is 2.65. The van der Waals surface area contributed by atoms with Crippen LogP contribution < -0.4 is 5.32 Å². The quantitative estimate of drug-likeness (QED) is 0.224. The Kier molecular flexibility index (Phi) is 5.85. The first-order valence-electron chi connectivity index (χ1n) is 12.9. The van der Waals surface area contributed by atoms with Crippen molar-refractivity contribution in [3.05, 3.63) is 89.4 Å². The Balaban J connectivity index is 1.33. The van der Waals surface area contributed by atoms with Gasteiger partial charge in [-0.1, -0.05) is 56.0 Å². The number of anilines is 1.